The minimum Gasteiger partial charge on any atom is -0.504 e. The van der Waals surface area contributed by atoms with Crippen LogP contribution in [0.4, 0.5) is 0 Å². The van der Waals surface area contributed by atoms with E-state index in [2.05, 4.69) is 319 Å². The molecule has 101 heavy (non-hydrogen) atoms. The van der Waals surface area contributed by atoms with Crippen molar-refractivity contribution < 1.29 is 20.4 Å². The molecule has 0 aliphatic heterocycles. The molecular formula is C97H68O4. The fourth-order valence-electron chi connectivity index (χ4n) is 17.8. The van der Waals surface area contributed by atoms with E-state index in [9.17, 15) is 20.4 Å². The van der Waals surface area contributed by atoms with E-state index in [0.717, 1.165) is 54.9 Å². The van der Waals surface area contributed by atoms with Crippen LogP contribution in [-0.4, -0.2) is 20.4 Å². The molecule has 0 atom stereocenters. The Morgan fingerprint density at radius 2 is 0.485 bits per heavy atom. The van der Waals surface area contributed by atoms with Crippen LogP contribution in [-0.2, 0) is 10.8 Å². The van der Waals surface area contributed by atoms with E-state index < -0.39 is 23.0 Å². The predicted octanol–water partition coefficient (Wildman–Crippen LogP) is 25.7. The van der Waals surface area contributed by atoms with Gasteiger partial charge in [-0.25, -0.2) is 0 Å². The number of benzene rings is 17. The molecule has 0 spiro atoms. The summed E-state index contributed by atoms with van der Waals surface area (Å²) in [4.78, 5) is 0. The maximum Gasteiger partial charge on any atom is 0.204 e. The topological polar surface area (TPSA) is 80.9 Å². The molecular weight excluding hydrogens is 1230 g/mol. The molecule has 0 heterocycles. The van der Waals surface area contributed by atoms with Crippen molar-refractivity contribution in [2.75, 3.05) is 0 Å². The van der Waals surface area contributed by atoms with Gasteiger partial charge in [0.2, 0.25) is 11.5 Å². The number of rotatable bonds is 8. The number of aromatic hydroxyl groups is 4. The molecule has 0 saturated carbocycles. The summed E-state index contributed by atoms with van der Waals surface area (Å²) in [5.74, 6) is -2.51. The van der Waals surface area contributed by atoms with E-state index in [-0.39, 0.29) is 22.0 Å². The first-order chi connectivity index (χ1) is 49.2. The highest BCUT2D eigenvalue weighted by atomic mass is 16.3. The Kier molecular flexibility index (Phi) is 13.2. The second kappa shape index (κ2) is 22.3. The van der Waals surface area contributed by atoms with Gasteiger partial charge in [-0.2, -0.15) is 0 Å². The molecule has 480 valence electrons. The second-order valence-corrected chi connectivity index (χ2v) is 28.7. The van der Waals surface area contributed by atoms with Gasteiger partial charge in [0.1, 0.15) is 0 Å². The zero-order valence-electron chi connectivity index (χ0n) is 56.6. The monoisotopic (exact) mass is 1300 g/mol. The van der Waals surface area contributed by atoms with E-state index in [4.69, 9.17) is 0 Å². The maximum absolute atomic E-state index is 11.6. The van der Waals surface area contributed by atoms with Crippen LogP contribution in [0.25, 0.3) is 176 Å². The van der Waals surface area contributed by atoms with E-state index >= 15 is 0 Å². The number of hydrogen-bond donors (Lipinski definition) is 4. The van der Waals surface area contributed by atoms with Crippen LogP contribution in [0.2, 0.25) is 0 Å². The molecule has 0 bridgehead atoms. The normalized spacial score (nSPS) is 13.3. The van der Waals surface area contributed by atoms with Gasteiger partial charge in [-0.05, 0) is 230 Å². The van der Waals surface area contributed by atoms with Crippen molar-refractivity contribution in [1.82, 2.24) is 0 Å². The van der Waals surface area contributed by atoms with Crippen molar-refractivity contribution in [3.05, 3.63) is 325 Å². The molecule has 2 aliphatic carbocycles. The van der Waals surface area contributed by atoms with Crippen LogP contribution in [0.3, 0.4) is 0 Å². The predicted molar refractivity (Wildman–Crippen MR) is 421 cm³/mol. The molecule has 4 N–H and O–H groups in total. The molecule has 2 aliphatic rings. The summed E-state index contributed by atoms with van der Waals surface area (Å²) in [5, 5.41) is 58.1. The van der Waals surface area contributed by atoms with Crippen LogP contribution >= 0.6 is 0 Å². The van der Waals surface area contributed by atoms with Crippen molar-refractivity contribution in [1.29, 1.82) is 0 Å². The second-order valence-electron chi connectivity index (χ2n) is 28.7. The van der Waals surface area contributed by atoms with Crippen LogP contribution in [0.1, 0.15) is 55.5 Å². The van der Waals surface area contributed by atoms with Crippen molar-refractivity contribution in [3.8, 4) is 134 Å². The summed E-state index contributed by atoms with van der Waals surface area (Å²) in [6.07, 6.45) is 0. The zero-order valence-corrected chi connectivity index (χ0v) is 56.6. The Hall–Kier alpha value is -12.5. The van der Waals surface area contributed by atoms with Crippen molar-refractivity contribution >= 4 is 64.6 Å². The summed E-state index contributed by atoms with van der Waals surface area (Å²) >= 11 is 0. The van der Waals surface area contributed by atoms with Crippen molar-refractivity contribution in [3.63, 3.8) is 0 Å². The fourth-order valence-corrected chi connectivity index (χ4v) is 17.8. The zero-order chi connectivity index (χ0) is 68.3. The summed E-state index contributed by atoms with van der Waals surface area (Å²) in [6.45, 7) is 11.0. The van der Waals surface area contributed by atoms with Crippen LogP contribution in [0.5, 0.6) is 23.0 Å². The van der Waals surface area contributed by atoms with Gasteiger partial charge in [0.15, 0.2) is 11.5 Å². The molecule has 17 aromatic rings. The third kappa shape index (κ3) is 8.81. The third-order valence-electron chi connectivity index (χ3n) is 22.7. The molecule has 4 heteroatoms. The van der Waals surface area contributed by atoms with E-state index in [0.29, 0.717) is 5.56 Å². The largest absolute Gasteiger partial charge is 0.504 e. The lowest BCUT2D eigenvalue weighted by molar-refractivity contribution is 0.345. The highest BCUT2D eigenvalue weighted by Crippen LogP contribution is 2.57. The summed E-state index contributed by atoms with van der Waals surface area (Å²) in [6, 6.07) is 109. The highest BCUT2D eigenvalue weighted by molar-refractivity contribution is 6.26. The average molecular weight is 1300 g/mol. The minimum atomic E-state index is -0.768. The van der Waals surface area contributed by atoms with Crippen molar-refractivity contribution in [2.24, 2.45) is 0 Å². The first-order valence-electron chi connectivity index (χ1n) is 34.9. The smallest absolute Gasteiger partial charge is 0.204 e. The van der Waals surface area contributed by atoms with Gasteiger partial charge in [0, 0.05) is 22.0 Å². The Bertz CT molecular complexity index is 6330. The van der Waals surface area contributed by atoms with E-state index in [1.54, 1.807) is 6.92 Å². The summed E-state index contributed by atoms with van der Waals surface area (Å²) in [7, 11) is 0. The van der Waals surface area contributed by atoms with Crippen molar-refractivity contribution in [2.45, 2.75) is 45.4 Å². The number of phenolic OH excluding ortho intramolecular Hbond substituents is 4. The standard InChI is InChI=1S/C97H68O4/c1-55-85(93(99)95(101)94(100)92(55)98)61-42-47-76-79(51-61)88(71-30-15-19-34-75(71)90(76)63-40-45-66-65-26-20-21-35-81(65)96(2,3)83(66)53-63)59-38-36-56(37-39-59)60-44-49-82-78(50-60)67-46-41-64(54-84(67)97(82,4)5)91-74-33-18-14-29-70(74)87(58-24-10-7-11-25-58)80-52-62(43-48-77(80)91)89-72-31-16-12-27-68(72)86(57-22-8-6-9-23-57)69-28-13-17-32-73(69)89/h6-54,98-101H,1-5H3. The van der Waals surface area contributed by atoms with E-state index in [1.807, 2.05) is 6.07 Å². The molecule has 0 fully saturated rings. The van der Waals surface area contributed by atoms with Crippen LogP contribution < -0.4 is 0 Å². The number of phenols is 4. The lowest BCUT2D eigenvalue weighted by Gasteiger charge is -2.23. The Morgan fingerprint density at radius 1 is 0.188 bits per heavy atom. The maximum atomic E-state index is 11.6. The summed E-state index contributed by atoms with van der Waals surface area (Å²) in [5.41, 5.74) is 26.8. The Balaban J connectivity index is 0.741. The first-order valence-corrected chi connectivity index (χ1v) is 34.9. The molecule has 19 rings (SSSR count). The fraction of sp³-hybridized carbons (Fsp3) is 0.0722. The quantitative estimate of drug-likeness (QED) is 0.0694. The molecule has 0 amide bonds. The first kappa shape index (κ1) is 59.7. The highest BCUT2D eigenvalue weighted by Gasteiger charge is 2.38. The average Bonchev–Trinajstić information content (AvgIpc) is 1.35. The molecule has 0 aromatic heterocycles. The minimum absolute atomic E-state index is 0.219. The molecule has 17 aromatic carbocycles. The molecule has 0 radical (unpaired) electrons. The Morgan fingerprint density at radius 3 is 0.950 bits per heavy atom. The lowest BCUT2D eigenvalue weighted by Crippen LogP contribution is -2.15. The van der Waals surface area contributed by atoms with Gasteiger partial charge in [-0.3, -0.25) is 0 Å². The molecule has 0 unspecified atom stereocenters. The van der Waals surface area contributed by atoms with Gasteiger partial charge in [0.25, 0.3) is 0 Å². The molecule has 0 saturated heterocycles. The third-order valence-corrected chi connectivity index (χ3v) is 22.7. The van der Waals surface area contributed by atoms with Gasteiger partial charge in [0.05, 0.1) is 0 Å². The van der Waals surface area contributed by atoms with Gasteiger partial charge in [-0.15, -0.1) is 0 Å². The van der Waals surface area contributed by atoms with Gasteiger partial charge in [-0.1, -0.05) is 295 Å². The summed E-state index contributed by atoms with van der Waals surface area (Å²) < 4.78 is 0. The SMILES string of the molecule is Cc1c(O)c(O)c(O)c(O)c1-c1ccc2c(-c3ccc4c(c3)C(C)(C)c3ccccc3-4)c3ccccc3c(-c3ccc(-c4ccc5c(c4)-c4ccc(-c6c7ccccc7c(-c7ccccc7)c7cc(-c8c9ccccc9c(-c9ccccc9)c9ccccc89)ccc67)cc4C5(C)C)cc3)c2c1. The lowest BCUT2D eigenvalue weighted by atomic mass is 9.80. The van der Waals surface area contributed by atoms with Crippen LogP contribution in [0, 0.1) is 6.92 Å². The van der Waals surface area contributed by atoms with E-state index in [1.165, 1.54) is 132 Å². The van der Waals surface area contributed by atoms with Crippen LogP contribution in [0.15, 0.2) is 297 Å². The van der Waals surface area contributed by atoms with Gasteiger partial charge < -0.3 is 20.4 Å². The Labute approximate surface area is 586 Å². The molecule has 4 nitrogen and oxygen atoms in total. The number of fused-ring (bicyclic) bond motifs is 12. The van der Waals surface area contributed by atoms with Gasteiger partial charge >= 0.3 is 0 Å². The number of hydrogen-bond acceptors (Lipinski definition) is 4.